The van der Waals surface area contributed by atoms with Crippen LogP contribution >= 0.6 is 11.8 Å². The van der Waals surface area contributed by atoms with Crippen LogP contribution in [0.5, 0.6) is 0 Å². The predicted molar refractivity (Wildman–Crippen MR) is 79.6 cm³/mol. The largest absolute Gasteiger partial charge is 0.544 e. The first-order chi connectivity index (χ1) is 11.1. The lowest BCUT2D eigenvalue weighted by molar-refractivity contribution is -0.298. The Kier molecular flexibility index (Phi) is 4.68. The van der Waals surface area contributed by atoms with Gasteiger partial charge in [0.2, 0.25) is 5.89 Å². The number of furan rings is 1. The number of rotatable bonds is 5. The maximum absolute atomic E-state index is 11.3. The molecule has 3 rings (SSSR count). The number of nitrogens with zero attached hydrogens (tertiary/aromatic N) is 3. The SMILES string of the molecule is Cc1nnc(S/C(=C/c2ccc(N3CCOCC3)o2)C(=O)[O-])o1. The van der Waals surface area contributed by atoms with Crippen molar-refractivity contribution in [3.05, 3.63) is 28.7 Å². The van der Waals surface area contributed by atoms with Crippen molar-refractivity contribution in [2.24, 2.45) is 0 Å². The molecule has 122 valence electrons. The lowest BCUT2D eigenvalue weighted by Crippen LogP contribution is -2.35. The van der Waals surface area contributed by atoms with E-state index in [0.29, 0.717) is 30.7 Å². The molecule has 0 aromatic carbocycles. The van der Waals surface area contributed by atoms with E-state index in [1.807, 2.05) is 4.90 Å². The summed E-state index contributed by atoms with van der Waals surface area (Å²) in [5.41, 5.74) is 0. The van der Waals surface area contributed by atoms with Gasteiger partial charge in [0, 0.05) is 31.0 Å². The Bertz CT molecular complexity index is 718. The molecule has 1 fully saturated rings. The summed E-state index contributed by atoms with van der Waals surface area (Å²) < 4.78 is 16.1. The first kappa shape index (κ1) is 15.6. The van der Waals surface area contributed by atoms with E-state index in [9.17, 15) is 9.90 Å². The zero-order valence-corrected chi connectivity index (χ0v) is 13.2. The molecule has 2 aromatic rings. The molecule has 23 heavy (non-hydrogen) atoms. The van der Waals surface area contributed by atoms with E-state index in [-0.39, 0.29) is 10.1 Å². The Morgan fingerprint density at radius 1 is 1.30 bits per heavy atom. The molecule has 0 amide bonds. The number of thioether (sulfide) groups is 1. The number of carbonyl (C=O) groups excluding carboxylic acids is 1. The third-order valence-electron chi connectivity index (χ3n) is 3.11. The number of ether oxygens (including phenoxy) is 1. The van der Waals surface area contributed by atoms with Crippen LogP contribution < -0.4 is 10.0 Å². The fourth-order valence-electron chi connectivity index (χ4n) is 2.05. The molecule has 2 aromatic heterocycles. The van der Waals surface area contributed by atoms with Gasteiger partial charge in [-0.1, -0.05) is 0 Å². The summed E-state index contributed by atoms with van der Waals surface area (Å²) in [6.07, 6.45) is 1.38. The van der Waals surface area contributed by atoms with E-state index in [2.05, 4.69) is 10.2 Å². The van der Waals surface area contributed by atoms with Gasteiger partial charge in [0.1, 0.15) is 5.76 Å². The van der Waals surface area contributed by atoms with Crippen molar-refractivity contribution in [2.45, 2.75) is 12.1 Å². The van der Waals surface area contributed by atoms with Gasteiger partial charge in [0.15, 0.2) is 5.88 Å². The quantitative estimate of drug-likeness (QED) is 0.576. The monoisotopic (exact) mass is 336 g/mol. The van der Waals surface area contributed by atoms with Gasteiger partial charge in [-0.05, 0) is 23.9 Å². The van der Waals surface area contributed by atoms with Crippen LogP contribution in [-0.4, -0.2) is 42.5 Å². The molecule has 0 unspecified atom stereocenters. The highest BCUT2D eigenvalue weighted by atomic mass is 32.2. The topological polar surface area (TPSA) is 105 Å². The first-order valence-electron chi connectivity index (χ1n) is 6.95. The van der Waals surface area contributed by atoms with Crippen LogP contribution in [0.15, 0.2) is 31.1 Å². The highest BCUT2D eigenvalue weighted by Gasteiger charge is 2.15. The van der Waals surface area contributed by atoms with Crippen molar-refractivity contribution in [3.8, 4) is 0 Å². The van der Waals surface area contributed by atoms with Gasteiger partial charge < -0.3 is 28.4 Å². The summed E-state index contributed by atoms with van der Waals surface area (Å²) in [7, 11) is 0. The molecule has 0 saturated carbocycles. The first-order valence-corrected chi connectivity index (χ1v) is 7.77. The Morgan fingerprint density at radius 2 is 2.09 bits per heavy atom. The van der Waals surface area contributed by atoms with Crippen LogP contribution in [0.3, 0.4) is 0 Å². The molecule has 0 spiro atoms. The summed E-state index contributed by atoms with van der Waals surface area (Å²) >= 11 is 0.823. The molecule has 1 aliphatic heterocycles. The number of carboxylic acid groups (broad SMARTS) is 1. The van der Waals surface area contributed by atoms with Gasteiger partial charge in [-0.3, -0.25) is 0 Å². The van der Waals surface area contributed by atoms with Gasteiger partial charge >= 0.3 is 0 Å². The number of anilines is 1. The molecule has 8 nitrogen and oxygen atoms in total. The molecular formula is C14H14N3O5S-. The van der Waals surface area contributed by atoms with E-state index in [0.717, 1.165) is 24.9 Å². The van der Waals surface area contributed by atoms with Crippen molar-refractivity contribution in [2.75, 3.05) is 31.2 Å². The van der Waals surface area contributed by atoms with Crippen molar-refractivity contribution in [1.29, 1.82) is 0 Å². The molecule has 9 heteroatoms. The minimum atomic E-state index is -1.34. The maximum Gasteiger partial charge on any atom is 0.281 e. The maximum atomic E-state index is 11.3. The summed E-state index contributed by atoms with van der Waals surface area (Å²) in [6, 6.07) is 3.50. The number of carbonyl (C=O) groups is 1. The van der Waals surface area contributed by atoms with Crippen LogP contribution in [0.4, 0.5) is 5.88 Å². The number of carboxylic acids is 1. The van der Waals surface area contributed by atoms with Gasteiger partial charge in [0.05, 0.1) is 19.2 Å². The molecule has 0 N–H and O–H groups in total. The molecule has 1 saturated heterocycles. The average molecular weight is 336 g/mol. The second kappa shape index (κ2) is 6.88. The molecule has 0 aliphatic carbocycles. The van der Waals surface area contributed by atoms with Gasteiger partial charge in [-0.25, -0.2) is 0 Å². The number of aryl methyl sites for hydroxylation is 1. The number of aliphatic carboxylic acids is 1. The van der Waals surface area contributed by atoms with Crippen LogP contribution in [-0.2, 0) is 9.53 Å². The molecular weight excluding hydrogens is 322 g/mol. The van der Waals surface area contributed by atoms with E-state index in [4.69, 9.17) is 13.6 Å². The lowest BCUT2D eigenvalue weighted by Gasteiger charge is -2.26. The molecule has 0 bridgehead atoms. The number of aromatic nitrogens is 2. The second-order valence-electron chi connectivity index (χ2n) is 4.76. The Morgan fingerprint density at radius 3 is 2.74 bits per heavy atom. The van der Waals surface area contributed by atoms with Crippen LogP contribution in [0.25, 0.3) is 6.08 Å². The smallest absolute Gasteiger partial charge is 0.281 e. The fraction of sp³-hybridized carbons (Fsp3) is 0.357. The lowest BCUT2D eigenvalue weighted by atomic mass is 10.4. The Balaban J connectivity index is 1.76. The zero-order chi connectivity index (χ0) is 16.2. The van der Waals surface area contributed by atoms with Crippen molar-refractivity contribution < 1.29 is 23.5 Å². The van der Waals surface area contributed by atoms with E-state index in [1.165, 1.54) is 6.08 Å². The van der Waals surface area contributed by atoms with E-state index < -0.39 is 5.97 Å². The third-order valence-corrected chi connectivity index (χ3v) is 3.96. The minimum Gasteiger partial charge on any atom is -0.544 e. The van der Waals surface area contributed by atoms with E-state index >= 15 is 0 Å². The van der Waals surface area contributed by atoms with Crippen molar-refractivity contribution in [1.82, 2.24) is 10.2 Å². The Labute approximate surface area is 136 Å². The average Bonchev–Trinajstić information content (AvgIpc) is 3.17. The molecule has 0 radical (unpaired) electrons. The van der Waals surface area contributed by atoms with Crippen molar-refractivity contribution >= 4 is 29.7 Å². The van der Waals surface area contributed by atoms with Crippen LogP contribution in [0.1, 0.15) is 11.7 Å². The highest BCUT2D eigenvalue weighted by Crippen LogP contribution is 2.28. The predicted octanol–water partition coefficient (Wildman–Crippen LogP) is 0.691. The van der Waals surface area contributed by atoms with Crippen LogP contribution in [0, 0.1) is 6.92 Å². The third kappa shape index (κ3) is 3.93. The van der Waals surface area contributed by atoms with Gasteiger partial charge in [-0.15, -0.1) is 10.2 Å². The highest BCUT2D eigenvalue weighted by molar-refractivity contribution is 8.03. The summed E-state index contributed by atoms with van der Waals surface area (Å²) in [5.74, 6) is 0.110. The molecule has 3 heterocycles. The minimum absolute atomic E-state index is 0.0727. The van der Waals surface area contributed by atoms with Gasteiger partial charge in [-0.2, -0.15) is 0 Å². The summed E-state index contributed by atoms with van der Waals surface area (Å²) in [4.78, 5) is 13.2. The zero-order valence-electron chi connectivity index (χ0n) is 12.4. The van der Waals surface area contributed by atoms with E-state index in [1.54, 1.807) is 19.1 Å². The molecule has 0 atom stereocenters. The number of hydrogen-bond donors (Lipinski definition) is 0. The van der Waals surface area contributed by atoms with Crippen molar-refractivity contribution in [3.63, 3.8) is 0 Å². The standard InChI is InChI=1S/C14H15N3O5S/c1-9-15-16-14(21-9)23-11(13(18)19)8-10-2-3-12(22-10)17-4-6-20-7-5-17/h2-3,8H,4-7H2,1H3,(H,18,19)/p-1/b11-8+. The fourth-order valence-corrected chi connectivity index (χ4v) is 2.74. The number of morpholine rings is 1. The summed E-state index contributed by atoms with van der Waals surface area (Å²) in [5, 5.41) is 18.8. The van der Waals surface area contributed by atoms with Crippen LogP contribution in [0.2, 0.25) is 0 Å². The summed E-state index contributed by atoms with van der Waals surface area (Å²) in [6.45, 7) is 4.38. The second-order valence-corrected chi connectivity index (χ2v) is 5.75. The van der Waals surface area contributed by atoms with Gasteiger partial charge in [0.25, 0.3) is 5.22 Å². The molecule has 1 aliphatic rings. The normalized spacial score (nSPS) is 15.9. The number of hydrogen-bond acceptors (Lipinski definition) is 9. The Hall–Kier alpha value is -2.26.